The van der Waals surface area contributed by atoms with Crippen LogP contribution < -0.4 is 4.74 Å². The number of nitrogens with zero attached hydrogens (tertiary/aromatic N) is 1. The number of para-hydroxylation sites is 1. The van der Waals surface area contributed by atoms with Crippen molar-refractivity contribution in [2.45, 2.75) is 5.41 Å². The number of aliphatic imine (C=N–C) groups is 1. The van der Waals surface area contributed by atoms with Crippen molar-refractivity contribution >= 4 is 6.21 Å². The van der Waals surface area contributed by atoms with E-state index in [4.69, 9.17) is 4.74 Å². The normalized spacial score (nSPS) is 27.8. The summed E-state index contributed by atoms with van der Waals surface area (Å²) in [6, 6.07) is 8.19. The van der Waals surface area contributed by atoms with Crippen LogP contribution in [0.3, 0.4) is 0 Å². The first-order chi connectivity index (χ1) is 7.91. The highest BCUT2D eigenvalue weighted by molar-refractivity contribution is 5.90. The van der Waals surface area contributed by atoms with Gasteiger partial charge < -0.3 is 4.74 Å². The molecule has 0 aromatic heterocycles. The lowest BCUT2D eigenvalue weighted by atomic mass is 9.75. The lowest BCUT2D eigenvalue weighted by Crippen LogP contribution is -2.25. The summed E-state index contributed by atoms with van der Waals surface area (Å²) in [6.45, 7) is 0. The molecule has 0 fully saturated rings. The van der Waals surface area contributed by atoms with Crippen molar-refractivity contribution in [3.8, 4) is 5.75 Å². The van der Waals surface area contributed by atoms with Gasteiger partial charge in [0.2, 0.25) is 0 Å². The van der Waals surface area contributed by atoms with Crippen molar-refractivity contribution in [1.29, 1.82) is 0 Å². The topological polar surface area (TPSA) is 21.6 Å². The van der Waals surface area contributed by atoms with E-state index < -0.39 is 0 Å². The molecule has 1 unspecified atom stereocenters. The van der Waals surface area contributed by atoms with E-state index in [1.165, 1.54) is 11.1 Å². The van der Waals surface area contributed by atoms with Crippen molar-refractivity contribution < 1.29 is 4.74 Å². The van der Waals surface area contributed by atoms with Gasteiger partial charge in [-0.2, -0.15) is 0 Å². The fourth-order valence-corrected chi connectivity index (χ4v) is 2.66. The molecule has 76 valence electrons. The van der Waals surface area contributed by atoms with Crippen LogP contribution >= 0.6 is 0 Å². The third-order valence-electron chi connectivity index (χ3n) is 3.41. The number of hydrogen-bond acceptors (Lipinski definition) is 2. The quantitative estimate of drug-likeness (QED) is 0.641. The standard InChI is InChI=1S/C14H9NO/c1-2-4-12-11(3-1)14-7-8-15-9-10(14)5-6-13(14)16-12/h1-9H. The highest BCUT2D eigenvalue weighted by Crippen LogP contribution is 2.53. The van der Waals surface area contributed by atoms with Crippen molar-refractivity contribution in [3.05, 3.63) is 65.6 Å². The summed E-state index contributed by atoms with van der Waals surface area (Å²) < 4.78 is 5.89. The van der Waals surface area contributed by atoms with Gasteiger partial charge in [0.25, 0.3) is 0 Å². The molecule has 0 radical (unpaired) electrons. The summed E-state index contributed by atoms with van der Waals surface area (Å²) in [5.41, 5.74) is 2.21. The maximum Gasteiger partial charge on any atom is 0.131 e. The van der Waals surface area contributed by atoms with Crippen LogP contribution in [0.2, 0.25) is 0 Å². The Morgan fingerprint density at radius 2 is 2.06 bits per heavy atom. The van der Waals surface area contributed by atoms with E-state index in [0.29, 0.717) is 0 Å². The molecular weight excluding hydrogens is 198 g/mol. The molecule has 0 amide bonds. The largest absolute Gasteiger partial charge is 0.460 e. The Balaban J connectivity index is 2.07. The van der Waals surface area contributed by atoms with Gasteiger partial charge in [0.15, 0.2) is 0 Å². The lowest BCUT2D eigenvalue weighted by molar-refractivity contribution is 0.421. The summed E-state index contributed by atoms with van der Waals surface area (Å²) in [4.78, 5) is 4.19. The van der Waals surface area contributed by atoms with Gasteiger partial charge in [-0.1, -0.05) is 24.3 Å². The predicted octanol–water partition coefficient (Wildman–Crippen LogP) is 2.74. The first kappa shape index (κ1) is 8.11. The zero-order chi connectivity index (χ0) is 10.6. The third kappa shape index (κ3) is 0.735. The minimum atomic E-state index is -0.196. The van der Waals surface area contributed by atoms with Crippen molar-refractivity contribution in [3.63, 3.8) is 0 Å². The highest BCUT2D eigenvalue weighted by Gasteiger charge is 2.48. The van der Waals surface area contributed by atoms with Gasteiger partial charge in [-0.15, -0.1) is 0 Å². The summed E-state index contributed by atoms with van der Waals surface area (Å²) in [6.07, 6.45) is 10.00. The fraction of sp³-hybridized carbons (Fsp3) is 0.0714. The molecule has 16 heavy (non-hydrogen) atoms. The molecule has 1 atom stereocenters. The number of benzene rings is 1. The minimum Gasteiger partial charge on any atom is -0.460 e. The number of rotatable bonds is 0. The summed E-state index contributed by atoms with van der Waals surface area (Å²) in [7, 11) is 0. The van der Waals surface area contributed by atoms with Crippen molar-refractivity contribution in [2.75, 3.05) is 0 Å². The Hall–Kier alpha value is -2.09. The molecule has 2 heterocycles. The maximum absolute atomic E-state index is 5.89. The number of ether oxygens (including phenoxy) is 1. The van der Waals surface area contributed by atoms with E-state index in [1.807, 2.05) is 30.6 Å². The maximum atomic E-state index is 5.89. The molecule has 2 aliphatic heterocycles. The molecule has 1 aliphatic carbocycles. The average molecular weight is 207 g/mol. The number of allylic oxidation sites excluding steroid dienone is 3. The van der Waals surface area contributed by atoms with Gasteiger partial charge in [0.05, 0.1) is 0 Å². The van der Waals surface area contributed by atoms with E-state index in [1.54, 1.807) is 0 Å². The van der Waals surface area contributed by atoms with Crippen LogP contribution in [0.1, 0.15) is 5.56 Å². The first-order valence-corrected chi connectivity index (χ1v) is 5.32. The van der Waals surface area contributed by atoms with Gasteiger partial charge in [-0.25, -0.2) is 0 Å². The number of hydrogen-bond donors (Lipinski definition) is 0. The molecule has 0 saturated carbocycles. The summed E-state index contributed by atoms with van der Waals surface area (Å²) in [5.74, 6) is 1.95. The summed E-state index contributed by atoms with van der Waals surface area (Å²) >= 11 is 0. The van der Waals surface area contributed by atoms with E-state index in [9.17, 15) is 0 Å². The van der Waals surface area contributed by atoms with Crippen LogP contribution in [0.15, 0.2) is 65.0 Å². The van der Waals surface area contributed by atoms with Crippen molar-refractivity contribution in [1.82, 2.24) is 0 Å². The molecule has 3 aliphatic rings. The second-order valence-electron chi connectivity index (χ2n) is 4.15. The van der Waals surface area contributed by atoms with E-state index >= 15 is 0 Å². The van der Waals surface area contributed by atoms with Gasteiger partial charge in [-0.05, 0) is 23.8 Å². The SMILES string of the molecule is C1=CC23C(=CC=C2Oc2ccccc23)C=N1. The van der Waals surface area contributed by atoms with Gasteiger partial charge in [-0.3, -0.25) is 4.99 Å². The zero-order valence-electron chi connectivity index (χ0n) is 8.55. The minimum absolute atomic E-state index is 0.196. The Morgan fingerprint density at radius 3 is 3.06 bits per heavy atom. The molecular formula is C14H9NO. The van der Waals surface area contributed by atoms with Gasteiger partial charge in [0, 0.05) is 18.0 Å². The van der Waals surface area contributed by atoms with Gasteiger partial charge in [0.1, 0.15) is 16.9 Å². The van der Waals surface area contributed by atoms with E-state index in [0.717, 1.165) is 11.5 Å². The zero-order valence-corrected chi connectivity index (χ0v) is 8.55. The third-order valence-corrected chi connectivity index (χ3v) is 3.41. The molecule has 4 rings (SSSR count). The molecule has 2 heteroatoms. The molecule has 1 aromatic rings. The van der Waals surface area contributed by atoms with Crippen LogP contribution in [-0.2, 0) is 5.41 Å². The second-order valence-corrected chi connectivity index (χ2v) is 4.15. The Morgan fingerprint density at radius 1 is 1.12 bits per heavy atom. The molecule has 1 aromatic carbocycles. The Kier molecular flexibility index (Phi) is 1.28. The Bertz CT molecular complexity index is 607. The lowest BCUT2D eigenvalue weighted by Gasteiger charge is -2.25. The molecule has 2 nitrogen and oxygen atoms in total. The highest BCUT2D eigenvalue weighted by atomic mass is 16.5. The van der Waals surface area contributed by atoms with Crippen LogP contribution in [0.5, 0.6) is 5.75 Å². The average Bonchev–Trinajstić information content (AvgIpc) is 2.82. The predicted molar refractivity (Wildman–Crippen MR) is 62.5 cm³/mol. The fourth-order valence-electron chi connectivity index (χ4n) is 2.66. The smallest absolute Gasteiger partial charge is 0.131 e. The molecule has 0 N–H and O–H groups in total. The summed E-state index contributed by atoms with van der Waals surface area (Å²) in [5, 5.41) is 0. The van der Waals surface area contributed by atoms with E-state index in [2.05, 4.69) is 29.3 Å². The van der Waals surface area contributed by atoms with Gasteiger partial charge >= 0.3 is 0 Å². The first-order valence-electron chi connectivity index (χ1n) is 5.32. The monoisotopic (exact) mass is 207 g/mol. The van der Waals surface area contributed by atoms with Crippen molar-refractivity contribution in [2.24, 2.45) is 4.99 Å². The van der Waals surface area contributed by atoms with Crippen LogP contribution in [0.25, 0.3) is 0 Å². The van der Waals surface area contributed by atoms with E-state index in [-0.39, 0.29) is 5.41 Å². The molecule has 0 saturated heterocycles. The Labute approximate surface area is 93.3 Å². The second kappa shape index (κ2) is 2.53. The molecule has 1 spiro atoms. The molecule has 0 bridgehead atoms. The number of fused-ring (bicyclic) bond motifs is 1. The van der Waals surface area contributed by atoms with Crippen LogP contribution in [0.4, 0.5) is 0 Å². The van der Waals surface area contributed by atoms with Crippen LogP contribution in [0, 0.1) is 0 Å². The van der Waals surface area contributed by atoms with Crippen LogP contribution in [-0.4, -0.2) is 6.21 Å².